The van der Waals surface area contributed by atoms with Crippen molar-refractivity contribution in [1.82, 2.24) is 15.5 Å². The van der Waals surface area contributed by atoms with Crippen LogP contribution in [0.25, 0.3) is 10.9 Å². The van der Waals surface area contributed by atoms with E-state index in [1.807, 2.05) is 18.2 Å². The molecule has 148 valence electrons. The molecule has 1 aromatic heterocycles. The van der Waals surface area contributed by atoms with Gasteiger partial charge in [-0.2, -0.15) is 5.10 Å². The Hall–Kier alpha value is -3.88. The predicted octanol–water partition coefficient (Wildman–Crippen LogP) is 1.84. The van der Waals surface area contributed by atoms with Crippen molar-refractivity contribution in [3.05, 3.63) is 53.7 Å². The largest absolute Gasteiger partial charge is 0.457 e. The number of rotatable bonds is 7. The van der Waals surface area contributed by atoms with Gasteiger partial charge in [-0.25, -0.2) is 0 Å². The number of aromatic amines is 1. The number of H-pyrrole nitrogens is 1. The highest BCUT2D eigenvalue weighted by Gasteiger charge is 2.18. The van der Waals surface area contributed by atoms with E-state index < -0.39 is 18.5 Å². The van der Waals surface area contributed by atoms with Crippen molar-refractivity contribution in [2.24, 2.45) is 0 Å². The summed E-state index contributed by atoms with van der Waals surface area (Å²) in [5.74, 6) is -0.295. The predicted molar refractivity (Wildman–Crippen MR) is 101 cm³/mol. The normalized spacial score (nSPS) is 12.0. The lowest BCUT2D eigenvalue weighted by molar-refractivity contribution is -0.142. The SMILES string of the molecule is O=C(CCNC(=O)c1n[nH]c2ccccc12)OCC(=O)c1ccc2c(c1)OCO2. The molecule has 2 N–H and O–H groups in total. The van der Waals surface area contributed by atoms with Crippen LogP contribution in [0.4, 0.5) is 0 Å². The number of benzene rings is 2. The average Bonchev–Trinajstić information content (AvgIpc) is 3.38. The van der Waals surface area contributed by atoms with Gasteiger partial charge in [0.05, 0.1) is 11.9 Å². The van der Waals surface area contributed by atoms with E-state index in [1.165, 1.54) is 0 Å². The van der Waals surface area contributed by atoms with Gasteiger partial charge in [-0.3, -0.25) is 19.5 Å². The number of ketones is 1. The Balaban J connectivity index is 1.23. The van der Waals surface area contributed by atoms with E-state index in [4.69, 9.17) is 14.2 Å². The Bertz CT molecular complexity index is 1090. The summed E-state index contributed by atoms with van der Waals surface area (Å²) < 4.78 is 15.4. The van der Waals surface area contributed by atoms with Crippen molar-refractivity contribution < 1.29 is 28.6 Å². The van der Waals surface area contributed by atoms with Crippen LogP contribution in [0.15, 0.2) is 42.5 Å². The molecule has 0 aliphatic carbocycles. The number of carbonyl (C=O) groups excluding carboxylic acids is 3. The van der Waals surface area contributed by atoms with Crippen molar-refractivity contribution >= 4 is 28.6 Å². The fourth-order valence-corrected chi connectivity index (χ4v) is 2.87. The third-order valence-corrected chi connectivity index (χ3v) is 4.36. The number of fused-ring (bicyclic) bond motifs is 2. The molecule has 2 aromatic carbocycles. The molecule has 4 rings (SSSR count). The summed E-state index contributed by atoms with van der Waals surface area (Å²) >= 11 is 0. The molecule has 0 unspecified atom stereocenters. The number of esters is 1. The van der Waals surface area contributed by atoms with Crippen LogP contribution in [0.1, 0.15) is 27.3 Å². The zero-order valence-electron chi connectivity index (χ0n) is 15.3. The van der Waals surface area contributed by atoms with Crippen LogP contribution in [-0.2, 0) is 9.53 Å². The number of nitrogens with zero attached hydrogens (tertiary/aromatic N) is 1. The number of nitrogens with one attached hydrogen (secondary N) is 2. The molecule has 2 heterocycles. The maximum atomic E-state index is 12.2. The van der Waals surface area contributed by atoms with Crippen LogP contribution in [0.2, 0.25) is 0 Å². The number of para-hydroxylation sites is 1. The van der Waals surface area contributed by atoms with E-state index >= 15 is 0 Å². The molecule has 1 aliphatic rings. The molecule has 0 fully saturated rings. The minimum Gasteiger partial charge on any atom is -0.457 e. The van der Waals surface area contributed by atoms with E-state index in [0.29, 0.717) is 22.4 Å². The summed E-state index contributed by atoms with van der Waals surface area (Å²) in [4.78, 5) is 36.2. The molecule has 3 aromatic rings. The van der Waals surface area contributed by atoms with Crippen molar-refractivity contribution in [3.8, 4) is 11.5 Å². The summed E-state index contributed by atoms with van der Waals surface area (Å²) in [6.07, 6.45) is -0.0670. The number of aromatic nitrogens is 2. The molecular formula is C20H17N3O6. The maximum Gasteiger partial charge on any atom is 0.308 e. The highest BCUT2D eigenvalue weighted by Crippen LogP contribution is 2.32. The highest BCUT2D eigenvalue weighted by molar-refractivity contribution is 6.04. The monoisotopic (exact) mass is 395 g/mol. The first-order valence-electron chi connectivity index (χ1n) is 8.91. The molecule has 29 heavy (non-hydrogen) atoms. The summed E-state index contributed by atoms with van der Waals surface area (Å²) in [6, 6.07) is 12.0. The second kappa shape index (κ2) is 8.01. The number of Topliss-reactive ketones (excluding diaryl/α,β-unsaturated/α-hetero) is 1. The standard InChI is InChI=1S/C20H17N3O6/c24-15(12-5-6-16-17(9-12)29-11-28-16)10-27-18(25)7-8-21-20(26)19-13-3-1-2-4-14(13)22-23-19/h1-6,9H,7-8,10-11H2,(H,21,26)(H,22,23). The first kappa shape index (κ1) is 18.5. The fourth-order valence-electron chi connectivity index (χ4n) is 2.87. The molecule has 1 amide bonds. The minimum absolute atomic E-state index is 0.0665. The lowest BCUT2D eigenvalue weighted by Gasteiger charge is -2.06. The van der Waals surface area contributed by atoms with Crippen molar-refractivity contribution in [3.63, 3.8) is 0 Å². The Morgan fingerprint density at radius 3 is 2.83 bits per heavy atom. The fraction of sp³-hybridized carbons (Fsp3) is 0.200. The average molecular weight is 395 g/mol. The minimum atomic E-state index is -0.591. The molecule has 0 spiro atoms. The van der Waals surface area contributed by atoms with Crippen molar-refractivity contribution in [2.75, 3.05) is 19.9 Å². The Kier molecular flexibility index (Phi) is 5.10. The Labute approximate surface area is 164 Å². The Morgan fingerprint density at radius 1 is 1.10 bits per heavy atom. The van der Waals surface area contributed by atoms with Gasteiger partial charge in [0.25, 0.3) is 5.91 Å². The number of ether oxygens (including phenoxy) is 3. The van der Waals surface area contributed by atoms with Gasteiger partial charge in [-0.05, 0) is 24.3 Å². The van der Waals surface area contributed by atoms with Crippen LogP contribution in [0.5, 0.6) is 11.5 Å². The molecule has 0 saturated heterocycles. The van der Waals surface area contributed by atoms with Gasteiger partial charge in [-0.15, -0.1) is 0 Å². The number of hydrogen-bond donors (Lipinski definition) is 2. The van der Waals surface area contributed by atoms with Gasteiger partial charge < -0.3 is 19.5 Å². The molecule has 1 aliphatic heterocycles. The van der Waals surface area contributed by atoms with Crippen LogP contribution >= 0.6 is 0 Å². The van der Waals surface area contributed by atoms with Gasteiger partial charge in [0.15, 0.2) is 29.6 Å². The summed E-state index contributed by atoms with van der Waals surface area (Å²) in [5, 5.41) is 10.1. The van der Waals surface area contributed by atoms with Crippen molar-refractivity contribution in [2.45, 2.75) is 6.42 Å². The molecule has 0 radical (unpaired) electrons. The van der Waals surface area contributed by atoms with Gasteiger partial charge >= 0.3 is 5.97 Å². The third kappa shape index (κ3) is 4.03. The number of hydrogen-bond acceptors (Lipinski definition) is 7. The zero-order chi connectivity index (χ0) is 20.2. The zero-order valence-corrected chi connectivity index (χ0v) is 15.3. The summed E-state index contributed by atoms with van der Waals surface area (Å²) in [5.41, 5.74) is 1.37. The molecule has 0 saturated carbocycles. The van der Waals surface area contributed by atoms with E-state index in [2.05, 4.69) is 15.5 Å². The number of amides is 1. The van der Waals surface area contributed by atoms with Gasteiger partial charge in [0.2, 0.25) is 6.79 Å². The summed E-state index contributed by atoms with van der Waals surface area (Å²) in [6.45, 7) is -0.213. The Morgan fingerprint density at radius 2 is 1.93 bits per heavy atom. The van der Waals surface area contributed by atoms with E-state index in [-0.39, 0.29) is 31.2 Å². The topological polar surface area (TPSA) is 120 Å². The van der Waals surface area contributed by atoms with E-state index in [9.17, 15) is 14.4 Å². The van der Waals surface area contributed by atoms with Crippen molar-refractivity contribution in [1.29, 1.82) is 0 Å². The number of carbonyl (C=O) groups is 3. The summed E-state index contributed by atoms with van der Waals surface area (Å²) in [7, 11) is 0. The maximum absolute atomic E-state index is 12.2. The van der Waals surface area contributed by atoms with Gasteiger partial charge in [0.1, 0.15) is 0 Å². The smallest absolute Gasteiger partial charge is 0.308 e. The molecule has 9 nitrogen and oxygen atoms in total. The van der Waals surface area contributed by atoms with Gasteiger partial charge in [0, 0.05) is 17.5 Å². The van der Waals surface area contributed by atoms with Crippen LogP contribution < -0.4 is 14.8 Å². The first-order chi connectivity index (χ1) is 14.1. The second-order valence-electron chi connectivity index (χ2n) is 6.28. The van der Waals surface area contributed by atoms with E-state index in [1.54, 1.807) is 24.3 Å². The molecular weight excluding hydrogens is 378 g/mol. The quantitative estimate of drug-likeness (QED) is 0.463. The highest BCUT2D eigenvalue weighted by atomic mass is 16.7. The first-order valence-corrected chi connectivity index (χ1v) is 8.91. The van der Waals surface area contributed by atoms with E-state index in [0.717, 1.165) is 5.52 Å². The third-order valence-electron chi connectivity index (χ3n) is 4.36. The van der Waals surface area contributed by atoms with Crippen LogP contribution in [0, 0.1) is 0 Å². The second-order valence-corrected chi connectivity index (χ2v) is 6.28. The molecule has 0 atom stereocenters. The molecule has 0 bridgehead atoms. The lowest BCUT2D eigenvalue weighted by Crippen LogP contribution is -2.27. The van der Waals surface area contributed by atoms with Crippen LogP contribution in [-0.4, -0.2) is 47.8 Å². The lowest BCUT2D eigenvalue weighted by atomic mass is 10.1. The molecule has 9 heteroatoms. The van der Waals surface area contributed by atoms with Gasteiger partial charge in [-0.1, -0.05) is 18.2 Å². The van der Waals surface area contributed by atoms with Crippen LogP contribution in [0.3, 0.4) is 0 Å².